The molecule has 0 saturated carbocycles. The highest BCUT2D eigenvalue weighted by molar-refractivity contribution is 7.89. The van der Waals surface area contributed by atoms with Gasteiger partial charge >= 0.3 is 0 Å². The number of nitrogens with one attached hydrogen (secondary N) is 1. The number of piperazine rings is 1. The molecule has 2 aromatic rings. The first-order valence-electron chi connectivity index (χ1n) is 8.10. The SMILES string of the molecule is Cc1ccccc1C[NH+]1CCN(S(=O)(=O)c2cccc(Cl)c2)CC1. The van der Waals surface area contributed by atoms with Crippen molar-refractivity contribution in [1.82, 2.24) is 4.31 Å². The number of hydrogen-bond donors (Lipinski definition) is 1. The molecule has 0 radical (unpaired) electrons. The molecule has 6 heteroatoms. The summed E-state index contributed by atoms with van der Waals surface area (Å²) in [5.41, 5.74) is 2.62. The number of rotatable bonds is 4. The van der Waals surface area contributed by atoms with Crippen LogP contribution >= 0.6 is 11.6 Å². The van der Waals surface area contributed by atoms with Crippen molar-refractivity contribution in [3.05, 3.63) is 64.7 Å². The predicted octanol–water partition coefficient (Wildman–Crippen LogP) is 1.74. The first-order valence-corrected chi connectivity index (χ1v) is 9.92. The van der Waals surface area contributed by atoms with Gasteiger partial charge in [-0.1, -0.05) is 41.9 Å². The van der Waals surface area contributed by atoms with Crippen LogP contribution < -0.4 is 4.90 Å². The molecule has 1 heterocycles. The molecule has 24 heavy (non-hydrogen) atoms. The summed E-state index contributed by atoms with van der Waals surface area (Å²) < 4.78 is 27.0. The summed E-state index contributed by atoms with van der Waals surface area (Å²) in [7, 11) is -3.45. The molecular weight excluding hydrogens is 344 g/mol. The zero-order chi connectivity index (χ0) is 17.2. The van der Waals surface area contributed by atoms with Crippen LogP contribution in [0.5, 0.6) is 0 Å². The highest BCUT2D eigenvalue weighted by Gasteiger charge is 2.30. The van der Waals surface area contributed by atoms with E-state index in [2.05, 4.69) is 25.1 Å². The van der Waals surface area contributed by atoms with Gasteiger partial charge in [-0.3, -0.25) is 0 Å². The summed E-state index contributed by atoms with van der Waals surface area (Å²) in [5, 5.41) is 0.444. The Labute approximate surface area is 148 Å². The minimum Gasteiger partial charge on any atom is -0.329 e. The van der Waals surface area contributed by atoms with Crippen molar-refractivity contribution in [1.29, 1.82) is 0 Å². The van der Waals surface area contributed by atoms with E-state index in [0.29, 0.717) is 18.1 Å². The first kappa shape index (κ1) is 17.4. The number of aryl methyl sites for hydroxylation is 1. The molecule has 0 bridgehead atoms. The van der Waals surface area contributed by atoms with Gasteiger partial charge in [0.1, 0.15) is 6.54 Å². The van der Waals surface area contributed by atoms with Gasteiger partial charge in [-0.25, -0.2) is 8.42 Å². The molecular formula is C18H22ClN2O2S+. The van der Waals surface area contributed by atoms with Crippen molar-refractivity contribution in [2.24, 2.45) is 0 Å². The Kier molecular flexibility index (Phi) is 5.25. The Balaban J connectivity index is 1.65. The van der Waals surface area contributed by atoms with E-state index < -0.39 is 10.0 Å². The van der Waals surface area contributed by atoms with Crippen LogP contribution in [0.2, 0.25) is 5.02 Å². The summed E-state index contributed by atoms with van der Waals surface area (Å²) >= 11 is 5.93. The summed E-state index contributed by atoms with van der Waals surface area (Å²) in [6.45, 7) is 5.76. The highest BCUT2D eigenvalue weighted by atomic mass is 35.5. The van der Waals surface area contributed by atoms with Crippen molar-refractivity contribution in [3.8, 4) is 0 Å². The third-order valence-electron chi connectivity index (χ3n) is 4.57. The van der Waals surface area contributed by atoms with Crippen LogP contribution in [0.3, 0.4) is 0 Å². The Morgan fingerprint density at radius 1 is 1.08 bits per heavy atom. The molecule has 2 aromatic carbocycles. The van der Waals surface area contributed by atoms with Gasteiger partial charge in [0, 0.05) is 10.6 Å². The standard InChI is InChI=1S/C18H21ClN2O2S/c1-15-5-2-3-6-16(15)14-20-9-11-21(12-10-20)24(22,23)18-8-4-7-17(19)13-18/h2-8,13H,9-12,14H2,1H3/p+1. The molecule has 0 spiro atoms. The van der Waals surface area contributed by atoms with Gasteiger partial charge < -0.3 is 4.90 Å². The van der Waals surface area contributed by atoms with Gasteiger partial charge in [0.15, 0.2) is 0 Å². The molecule has 1 aliphatic heterocycles. The minimum atomic E-state index is -3.45. The van der Waals surface area contributed by atoms with Gasteiger partial charge in [0.2, 0.25) is 10.0 Å². The molecule has 128 valence electrons. The monoisotopic (exact) mass is 365 g/mol. The molecule has 0 aliphatic carbocycles. The molecule has 0 atom stereocenters. The quantitative estimate of drug-likeness (QED) is 0.896. The maximum Gasteiger partial charge on any atom is 0.243 e. The fourth-order valence-corrected chi connectivity index (χ4v) is 4.82. The fraction of sp³-hybridized carbons (Fsp3) is 0.333. The number of halogens is 1. The number of benzene rings is 2. The molecule has 0 unspecified atom stereocenters. The molecule has 1 aliphatic rings. The van der Waals surface area contributed by atoms with Crippen LogP contribution in [0, 0.1) is 6.92 Å². The average molecular weight is 366 g/mol. The maximum atomic E-state index is 12.7. The summed E-state index contributed by atoms with van der Waals surface area (Å²) in [6.07, 6.45) is 0. The molecule has 3 rings (SSSR count). The molecule has 1 saturated heterocycles. The lowest BCUT2D eigenvalue weighted by Crippen LogP contribution is -3.13. The molecule has 1 fully saturated rings. The maximum absolute atomic E-state index is 12.7. The largest absolute Gasteiger partial charge is 0.329 e. The van der Waals surface area contributed by atoms with Crippen LogP contribution in [-0.4, -0.2) is 38.9 Å². The van der Waals surface area contributed by atoms with Gasteiger partial charge in [0.05, 0.1) is 31.1 Å². The smallest absolute Gasteiger partial charge is 0.243 e. The van der Waals surface area contributed by atoms with E-state index in [-0.39, 0.29) is 4.90 Å². The lowest BCUT2D eigenvalue weighted by Gasteiger charge is -2.31. The zero-order valence-electron chi connectivity index (χ0n) is 13.7. The van der Waals surface area contributed by atoms with Crippen LogP contribution in [0.1, 0.15) is 11.1 Å². The second-order valence-corrected chi connectivity index (χ2v) is 8.59. The van der Waals surface area contributed by atoms with E-state index in [9.17, 15) is 8.42 Å². The van der Waals surface area contributed by atoms with Crippen molar-refractivity contribution in [3.63, 3.8) is 0 Å². The van der Waals surface area contributed by atoms with Crippen molar-refractivity contribution in [2.45, 2.75) is 18.4 Å². The number of quaternary nitrogens is 1. The van der Waals surface area contributed by atoms with Crippen molar-refractivity contribution < 1.29 is 13.3 Å². The summed E-state index contributed by atoms with van der Waals surface area (Å²) in [4.78, 5) is 1.69. The predicted molar refractivity (Wildman–Crippen MR) is 95.8 cm³/mol. The number of hydrogen-bond acceptors (Lipinski definition) is 2. The highest BCUT2D eigenvalue weighted by Crippen LogP contribution is 2.19. The van der Waals surface area contributed by atoms with Crippen LogP contribution in [0.4, 0.5) is 0 Å². The third-order valence-corrected chi connectivity index (χ3v) is 6.69. The zero-order valence-corrected chi connectivity index (χ0v) is 15.3. The fourth-order valence-electron chi connectivity index (χ4n) is 3.07. The van der Waals surface area contributed by atoms with E-state index in [1.165, 1.54) is 22.1 Å². The van der Waals surface area contributed by atoms with E-state index in [0.717, 1.165) is 19.6 Å². The Morgan fingerprint density at radius 2 is 1.79 bits per heavy atom. The average Bonchev–Trinajstić information content (AvgIpc) is 2.57. The topological polar surface area (TPSA) is 41.8 Å². The normalized spacial score (nSPS) is 17.1. The van der Waals surface area contributed by atoms with Crippen LogP contribution in [0.25, 0.3) is 0 Å². The Hall–Kier alpha value is -1.40. The number of sulfonamides is 1. The first-order chi connectivity index (χ1) is 11.5. The van der Waals surface area contributed by atoms with E-state index in [4.69, 9.17) is 11.6 Å². The van der Waals surface area contributed by atoms with Crippen LogP contribution in [0.15, 0.2) is 53.4 Å². The minimum absolute atomic E-state index is 0.275. The van der Waals surface area contributed by atoms with Gasteiger partial charge in [-0.05, 0) is 30.7 Å². The second kappa shape index (κ2) is 7.23. The lowest BCUT2D eigenvalue weighted by molar-refractivity contribution is -0.917. The van der Waals surface area contributed by atoms with E-state index in [1.54, 1.807) is 22.5 Å². The molecule has 0 aromatic heterocycles. The van der Waals surface area contributed by atoms with Gasteiger partial charge in [-0.15, -0.1) is 0 Å². The summed E-state index contributed by atoms with van der Waals surface area (Å²) in [5.74, 6) is 0. The molecule has 4 nitrogen and oxygen atoms in total. The van der Waals surface area contributed by atoms with Crippen molar-refractivity contribution >= 4 is 21.6 Å². The van der Waals surface area contributed by atoms with E-state index >= 15 is 0 Å². The Morgan fingerprint density at radius 3 is 2.46 bits per heavy atom. The molecule has 0 amide bonds. The Bertz CT molecular complexity index is 815. The van der Waals surface area contributed by atoms with Gasteiger partial charge in [-0.2, -0.15) is 4.31 Å². The third kappa shape index (κ3) is 3.81. The molecule has 1 N–H and O–H groups in total. The van der Waals surface area contributed by atoms with Gasteiger partial charge in [0.25, 0.3) is 0 Å². The summed E-state index contributed by atoms with van der Waals surface area (Å²) in [6, 6.07) is 14.9. The number of nitrogens with zero attached hydrogens (tertiary/aromatic N) is 1. The second-order valence-electron chi connectivity index (χ2n) is 6.21. The lowest BCUT2D eigenvalue weighted by atomic mass is 10.1. The van der Waals surface area contributed by atoms with E-state index in [1.807, 2.05) is 6.07 Å². The van der Waals surface area contributed by atoms with Crippen LogP contribution in [-0.2, 0) is 16.6 Å². The van der Waals surface area contributed by atoms with Crippen molar-refractivity contribution in [2.75, 3.05) is 26.2 Å².